The van der Waals surface area contributed by atoms with Crippen LogP contribution in [0.5, 0.6) is 0 Å². The molecule has 5 heteroatoms. The van der Waals surface area contributed by atoms with Gasteiger partial charge in [-0.15, -0.1) is 0 Å². The second-order valence-electron chi connectivity index (χ2n) is 5.53. The van der Waals surface area contributed by atoms with E-state index in [9.17, 15) is 9.59 Å². The molecular formula is C15H22N2O3. The van der Waals surface area contributed by atoms with Crippen molar-refractivity contribution in [3.8, 4) is 0 Å². The molecule has 0 heterocycles. The van der Waals surface area contributed by atoms with Gasteiger partial charge in [-0.3, -0.25) is 9.59 Å². The van der Waals surface area contributed by atoms with Crippen molar-refractivity contribution in [1.29, 1.82) is 0 Å². The Hall–Kier alpha value is -2.04. The zero-order chi connectivity index (χ0) is 15.2. The maximum atomic E-state index is 11.5. The molecule has 0 aromatic heterocycles. The van der Waals surface area contributed by atoms with Crippen LogP contribution in [-0.4, -0.2) is 24.0 Å². The van der Waals surface area contributed by atoms with Crippen LogP contribution in [0.4, 0.5) is 11.4 Å². The minimum Gasteiger partial charge on any atom is -0.460 e. The van der Waals surface area contributed by atoms with Crippen molar-refractivity contribution in [2.75, 3.05) is 17.2 Å². The van der Waals surface area contributed by atoms with Gasteiger partial charge < -0.3 is 15.4 Å². The molecule has 1 aromatic carbocycles. The number of amides is 1. The number of hydrogen-bond donors (Lipinski definition) is 2. The van der Waals surface area contributed by atoms with E-state index < -0.39 is 5.60 Å². The second kappa shape index (κ2) is 6.93. The Kier molecular flexibility index (Phi) is 5.55. The molecule has 2 N–H and O–H groups in total. The Morgan fingerprint density at radius 2 is 1.85 bits per heavy atom. The van der Waals surface area contributed by atoms with Crippen molar-refractivity contribution in [3.05, 3.63) is 24.3 Å². The molecule has 0 spiro atoms. The highest BCUT2D eigenvalue weighted by molar-refractivity contribution is 5.89. The topological polar surface area (TPSA) is 67.4 Å². The molecule has 0 fully saturated rings. The zero-order valence-electron chi connectivity index (χ0n) is 12.4. The fraction of sp³-hybridized carbons (Fsp3) is 0.467. The fourth-order valence-corrected chi connectivity index (χ4v) is 1.61. The monoisotopic (exact) mass is 278 g/mol. The quantitative estimate of drug-likeness (QED) is 0.813. The Morgan fingerprint density at radius 3 is 2.45 bits per heavy atom. The summed E-state index contributed by atoms with van der Waals surface area (Å²) in [5, 5.41) is 5.83. The molecule has 1 aromatic rings. The first-order chi connectivity index (χ1) is 9.26. The summed E-state index contributed by atoms with van der Waals surface area (Å²) in [4.78, 5) is 22.5. The SMILES string of the molecule is CC(=O)Nc1cccc(NCCC(=O)OC(C)(C)C)c1. The molecule has 0 aliphatic heterocycles. The summed E-state index contributed by atoms with van der Waals surface area (Å²) in [6.45, 7) is 7.47. The number of hydrogen-bond acceptors (Lipinski definition) is 4. The first-order valence-electron chi connectivity index (χ1n) is 6.59. The van der Waals surface area contributed by atoms with Crippen LogP contribution in [-0.2, 0) is 14.3 Å². The number of benzene rings is 1. The Labute approximate surface area is 119 Å². The van der Waals surface area contributed by atoms with Gasteiger partial charge in [0.1, 0.15) is 5.60 Å². The second-order valence-corrected chi connectivity index (χ2v) is 5.53. The highest BCUT2D eigenvalue weighted by atomic mass is 16.6. The molecule has 0 atom stereocenters. The largest absolute Gasteiger partial charge is 0.460 e. The molecule has 0 unspecified atom stereocenters. The lowest BCUT2D eigenvalue weighted by Gasteiger charge is -2.19. The maximum absolute atomic E-state index is 11.5. The lowest BCUT2D eigenvalue weighted by Crippen LogP contribution is -2.25. The predicted molar refractivity (Wildman–Crippen MR) is 79.7 cm³/mol. The van der Waals surface area contributed by atoms with E-state index in [2.05, 4.69) is 10.6 Å². The minimum absolute atomic E-state index is 0.115. The fourth-order valence-electron chi connectivity index (χ4n) is 1.61. The summed E-state index contributed by atoms with van der Waals surface area (Å²) >= 11 is 0. The maximum Gasteiger partial charge on any atom is 0.308 e. The van der Waals surface area contributed by atoms with Crippen LogP contribution in [0.25, 0.3) is 0 Å². The zero-order valence-corrected chi connectivity index (χ0v) is 12.4. The Morgan fingerprint density at radius 1 is 1.20 bits per heavy atom. The third kappa shape index (κ3) is 6.78. The van der Waals surface area contributed by atoms with Gasteiger partial charge in [0, 0.05) is 24.8 Å². The van der Waals surface area contributed by atoms with Crippen LogP contribution in [0.1, 0.15) is 34.1 Å². The van der Waals surface area contributed by atoms with Crippen LogP contribution in [0.3, 0.4) is 0 Å². The summed E-state index contributed by atoms with van der Waals surface area (Å²) in [6.07, 6.45) is 0.293. The molecule has 0 radical (unpaired) electrons. The lowest BCUT2D eigenvalue weighted by molar-refractivity contribution is -0.154. The van der Waals surface area contributed by atoms with Crippen molar-refractivity contribution < 1.29 is 14.3 Å². The van der Waals surface area contributed by atoms with Crippen molar-refractivity contribution in [3.63, 3.8) is 0 Å². The third-order valence-corrected chi connectivity index (χ3v) is 2.26. The Bertz CT molecular complexity index is 478. The summed E-state index contributed by atoms with van der Waals surface area (Å²) < 4.78 is 5.22. The van der Waals surface area contributed by atoms with Crippen molar-refractivity contribution in [2.45, 2.75) is 39.7 Å². The van der Waals surface area contributed by atoms with Crippen molar-refractivity contribution >= 4 is 23.3 Å². The van der Waals surface area contributed by atoms with Crippen molar-refractivity contribution in [2.24, 2.45) is 0 Å². The molecule has 0 saturated heterocycles. The summed E-state index contributed by atoms with van der Waals surface area (Å²) in [7, 11) is 0. The number of carbonyl (C=O) groups is 2. The Balaban J connectivity index is 2.42. The molecule has 0 aliphatic rings. The van der Waals surface area contributed by atoms with E-state index in [0.29, 0.717) is 13.0 Å². The smallest absolute Gasteiger partial charge is 0.308 e. The summed E-state index contributed by atoms with van der Waals surface area (Å²) in [5.74, 6) is -0.348. The normalized spacial score (nSPS) is 10.8. The third-order valence-electron chi connectivity index (χ3n) is 2.26. The van der Waals surface area contributed by atoms with Crippen LogP contribution >= 0.6 is 0 Å². The number of esters is 1. The lowest BCUT2D eigenvalue weighted by atomic mass is 10.2. The van der Waals surface area contributed by atoms with E-state index in [1.807, 2.05) is 39.0 Å². The van der Waals surface area contributed by atoms with Gasteiger partial charge in [0.15, 0.2) is 0 Å². The standard InChI is InChI=1S/C15H22N2O3/c1-11(18)17-13-7-5-6-12(10-13)16-9-8-14(19)20-15(2,3)4/h5-7,10,16H,8-9H2,1-4H3,(H,17,18). The van der Waals surface area contributed by atoms with Crippen LogP contribution in [0.2, 0.25) is 0 Å². The van der Waals surface area contributed by atoms with Crippen LogP contribution in [0.15, 0.2) is 24.3 Å². The van der Waals surface area contributed by atoms with E-state index in [4.69, 9.17) is 4.74 Å². The van der Waals surface area contributed by atoms with Gasteiger partial charge >= 0.3 is 5.97 Å². The highest BCUT2D eigenvalue weighted by Crippen LogP contribution is 2.15. The molecular weight excluding hydrogens is 256 g/mol. The molecule has 0 aliphatic carbocycles. The van der Waals surface area contributed by atoms with Gasteiger partial charge in [-0.05, 0) is 39.0 Å². The number of anilines is 2. The number of carbonyl (C=O) groups excluding carboxylic acids is 2. The highest BCUT2D eigenvalue weighted by Gasteiger charge is 2.15. The van der Waals surface area contributed by atoms with E-state index in [1.54, 1.807) is 6.07 Å². The molecule has 110 valence electrons. The van der Waals surface area contributed by atoms with Crippen LogP contribution < -0.4 is 10.6 Å². The van der Waals surface area contributed by atoms with Gasteiger partial charge in [-0.25, -0.2) is 0 Å². The minimum atomic E-state index is -0.456. The van der Waals surface area contributed by atoms with Gasteiger partial charge in [0.25, 0.3) is 0 Å². The number of nitrogens with one attached hydrogen (secondary N) is 2. The molecule has 1 rings (SSSR count). The predicted octanol–water partition coefficient (Wildman–Crippen LogP) is 2.79. The molecule has 0 bridgehead atoms. The van der Waals surface area contributed by atoms with Gasteiger partial charge in [0.2, 0.25) is 5.91 Å². The first-order valence-corrected chi connectivity index (χ1v) is 6.59. The molecule has 5 nitrogen and oxygen atoms in total. The van der Waals surface area contributed by atoms with Crippen molar-refractivity contribution in [1.82, 2.24) is 0 Å². The number of rotatable bonds is 5. The van der Waals surface area contributed by atoms with Gasteiger partial charge in [0.05, 0.1) is 6.42 Å². The first kappa shape index (κ1) is 16.0. The van der Waals surface area contributed by atoms with E-state index in [-0.39, 0.29) is 11.9 Å². The van der Waals surface area contributed by atoms with E-state index in [0.717, 1.165) is 11.4 Å². The molecule has 0 saturated carbocycles. The molecule has 1 amide bonds. The average molecular weight is 278 g/mol. The van der Waals surface area contributed by atoms with Gasteiger partial charge in [-0.1, -0.05) is 6.07 Å². The average Bonchev–Trinajstić information content (AvgIpc) is 2.25. The summed E-state index contributed by atoms with van der Waals surface area (Å²) in [6, 6.07) is 7.33. The van der Waals surface area contributed by atoms with E-state index >= 15 is 0 Å². The number of ether oxygens (including phenoxy) is 1. The summed E-state index contributed by atoms with van der Waals surface area (Å²) in [5.41, 5.74) is 1.11. The van der Waals surface area contributed by atoms with Gasteiger partial charge in [-0.2, -0.15) is 0 Å². The van der Waals surface area contributed by atoms with E-state index in [1.165, 1.54) is 6.92 Å². The molecule has 20 heavy (non-hydrogen) atoms. The van der Waals surface area contributed by atoms with Crippen LogP contribution in [0, 0.1) is 0 Å².